The number of carbonyl (C=O) groups excluding carboxylic acids is 1. The number of nitrogens with one attached hydrogen (secondary N) is 1. The molecule has 1 aliphatic carbocycles. The van der Waals surface area contributed by atoms with E-state index >= 15 is 0 Å². The van der Waals surface area contributed by atoms with Crippen molar-refractivity contribution in [3.05, 3.63) is 47.3 Å². The molecule has 1 fully saturated rings. The van der Waals surface area contributed by atoms with E-state index in [-0.39, 0.29) is 23.8 Å². The molecule has 0 bridgehead atoms. The number of rotatable bonds is 4. The average Bonchev–Trinajstić information content (AvgIpc) is 3.23. The molecule has 0 radical (unpaired) electrons. The number of benzene rings is 1. The first-order chi connectivity index (χ1) is 11.9. The Bertz CT molecular complexity index is 758. The van der Waals surface area contributed by atoms with E-state index < -0.39 is 17.7 Å². The van der Waals surface area contributed by atoms with Crippen molar-refractivity contribution in [2.24, 2.45) is 0 Å². The first kappa shape index (κ1) is 17.6. The van der Waals surface area contributed by atoms with Gasteiger partial charge in [-0.05, 0) is 43.4 Å². The van der Waals surface area contributed by atoms with Crippen LogP contribution < -0.4 is 0 Å². The van der Waals surface area contributed by atoms with Gasteiger partial charge in [0.05, 0.1) is 12.2 Å². The zero-order chi connectivity index (χ0) is 18.0. The third-order valence-corrected chi connectivity index (χ3v) is 4.63. The molecule has 0 unspecified atom stereocenters. The summed E-state index contributed by atoms with van der Waals surface area (Å²) < 4.78 is 45.3. The van der Waals surface area contributed by atoms with E-state index in [1.165, 1.54) is 18.2 Å². The highest BCUT2D eigenvalue weighted by atomic mass is 19.4. The molecule has 6 heteroatoms. The second kappa shape index (κ2) is 6.94. The van der Waals surface area contributed by atoms with Gasteiger partial charge in [0.2, 0.25) is 0 Å². The predicted molar refractivity (Wildman–Crippen MR) is 88.4 cm³/mol. The van der Waals surface area contributed by atoms with Crippen LogP contribution in [0.15, 0.2) is 30.3 Å². The molecule has 0 atom stereocenters. The standard InChI is InChI=1S/C19H20F3NO2/c1-2-25-18(24)16-11-14(17(23-16)12-7-3-4-8-12)13-9-5-6-10-15(13)19(20,21)22/h5-6,9-12,23H,2-4,7-8H2,1H3. The lowest BCUT2D eigenvalue weighted by molar-refractivity contribution is -0.137. The summed E-state index contributed by atoms with van der Waals surface area (Å²) in [6.45, 7) is 1.91. The van der Waals surface area contributed by atoms with E-state index in [0.29, 0.717) is 11.3 Å². The van der Waals surface area contributed by atoms with E-state index in [1.807, 2.05) is 0 Å². The van der Waals surface area contributed by atoms with Crippen LogP contribution in [-0.4, -0.2) is 17.6 Å². The second-order valence-electron chi connectivity index (χ2n) is 6.26. The zero-order valence-corrected chi connectivity index (χ0v) is 14.0. The summed E-state index contributed by atoms with van der Waals surface area (Å²) in [5, 5.41) is 0. The molecule has 3 rings (SSSR count). The summed E-state index contributed by atoms with van der Waals surface area (Å²) in [6, 6.07) is 6.99. The summed E-state index contributed by atoms with van der Waals surface area (Å²) in [6.07, 6.45) is -0.559. The lowest BCUT2D eigenvalue weighted by Gasteiger charge is -2.15. The van der Waals surface area contributed by atoms with Gasteiger partial charge < -0.3 is 9.72 Å². The van der Waals surface area contributed by atoms with E-state index in [9.17, 15) is 18.0 Å². The van der Waals surface area contributed by atoms with Gasteiger partial charge in [0.25, 0.3) is 0 Å². The molecule has 0 aliphatic heterocycles. The predicted octanol–water partition coefficient (Wildman–Crippen LogP) is 5.53. The van der Waals surface area contributed by atoms with E-state index in [2.05, 4.69) is 4.98 Å². The van der Waals surface area contributed by atoms with Crippen molar-refractivity contribution in [1.29, 1.82) is 0 Å². The molecule has 1 aromatic carbocycles. The number of hydrogen-bond donors (Lipinski definition) is 1. The van der Waals surface area contributed by atoms with Gasteiger partial charge in [-0.2, -0.15) is 13.2 Å². The van der Waals surface area contributed by atoms with Gasteiger partial charge in [0.1, 0.15) is 5.69 Å². The maximum Gasteiger partial charge on any atom is 0.417 e. The molecule has 1 aliphatic rings. The smallest absolute Gasteiger partial charge is 0.417 e. The number of esters is 1. The van der Waals surface area contributed by atoms with Gasteiger partial charge in [-0.15, -0.1) is 0 Å². The fraction of sp³-hybridized carbons (Fsp3) is 0.421. The highest BCUT2D eigenvalue weighted by Crippen LogP contribution is 2.43. The summed E-state index contributed by atoms with van der Waals surface area (Å²) in [5.74, 6) is -0.406. The summed E-state index contributed by atoms with van der Waals surface area (Å²) in [4.78, 5) is 15.1. The summed E-state index contributed by atoms with van der Waals surface area (Å²) in [7, 11) is 0. The van der Waals surface area contributed by atoms with E-state index in [0.717, 1.165) is 31.7 Å². The first-order valence-corrected chi connectivity index (χ1v) is 8.48. The molecule has 1 N–H and O–H groups in total. The molecular weight excluding hydrogens is 331 g/mol. The SMILES string of the molecule is CCOC(=O)c1cc(-c2ccccc2C(F)(F)F)c(C2CCCC2)[nH]1. The topological polar surface area (TPSA) is 42.1 Å². The Kier molecular flexibility index (Phi) is 4.88. The Morgan fingerprint density at radius 3 is 2.52 bits per heavy atom. The van der Waals surface area contributed by atoms with Gasteiger partial charge >= 0.3 is 12.1 Å². The fourth-order valence-corrected chi connectivity index (χ4v) is 3.51. The molecule has 0 saturated heterocycles. The van der Waals surface area contributed by atoms with Crippen LogP contribution in [0.5, 0.6) is 0 Å². The number of ether oxygens (including phenoxy) is 1. The van der Waals surface area contributed by atoms with Crippen LogP contribution >= 0.6 is 0 Å². The van der Waals surface area contributed by atoms with E-state index in [1.54, 1.807) is 13.0 Å². The molecule has 0 spiro atoms. The normalized spacial score (nSPS) is 15.5. The lowest BCUT2D eigenvalue weighted by Crippen LogP contribution is -2.07. The zero-order valence-electron chi connectivity index (χ0n) is 14.0. The van der Waals surface area contributed by atoms with Gasteiger partial charge in [0, 0.05) is 11.3 Å². The largest absolute Gasteiger partial charge is 0.461 e. The van der Waals surface area contributed by atoms with Crippen LogP contribution in [0.1, 0.15) is 60.3 Å². The molecular formula is C19H20F3NO2. The lowest BCUT2D eigenvalue weighted by atomic mass is 9.93. The minimum Gasteiger partial charge on any atom is -0.461 e. The van der Waals surface area contributed by atoms with Crippen molar-refractivity contribution in [2.75, 3.05) is 6.61 Å². The molecule has 25 heavy (non-hydrogen) atoms. The Labute approximate surface area is 144 Å². The van der Waals surface area contributed by atoms with Crippen molar-refractivity contribution in [3.63, 3.8) is 0 Å². The number of carbonyl (C=O) groups is 1. The van der Waals surface area contributed by atoms with Crippen LogP contribution in [0.2, 0.25) is 0 Å². The number of aromatic nitrogens is 1. The summed E-state index contributed by atoms with van der Waals surface area (Å²) >= 11 is 0. The number of aromatic amines is 1. The van der Waals surface area contributed by atoms with Gasteiger partial charge in [0.15, 0.2) is 0 Å². The third-order valence-electron chi connectivity index (χ3n) is 4.63. The maximum atomic E-state index is 13.4. The molecule has 2 aromatic rings. The quantitative estimate of drug-likeness (QED) is 0.736. The van der Waals surface area contributed by atoms with Crippen LogP contribution in [0.25, 0.3) is 11.1 Å². The Morgan fingerprint density at radius 1 is 1.20 bits per heavy atom. The van der Waals surface area contributed by atoms with E-state index in [4.69, 9.17) is 4.74 Å². The molecule has 1 saturated carbocycles. The molecule has 3 nitrogen and oxygen atoms in total. The van der Waals surface area contributed by atoms with Gasteiger partial charge in [-0.3, -0.25) is 0 Å². The monoisotopic (exact) mass is 351 g/mol. The van der Waals surface area contributed by atoms with Crippen molar-refractivity contribution in [2.45, 2.75) is 44.7 Å². The van der Waals surface area contributed by atoms with Gasteiger partial charge in [-0.1, -0.05) is 31.0 Å². The van der Waals surface area contributed by atoms with Crippen molar-refractivity contribution >= 4 is 5.97 Å². The Balaban J connectivity index is 2.13. The third kappa shape index (κ3) is 3.57. The Hall–Kier alpha value is -2.24. The van der Waals surface area contributed by atoms with Crippen LogP contribution in [-0.2, 0) is 10.9 Å². The molecule has 134 valence electrons. The van der Waals surface area contributed by atoms with Gasteiger partial charge in [-0.25, -0.2) is 4.79 Å². The molecule has 0 amide bonds. The maximum absolute atomic E-state index is 13.4. The number of alkyl halides is 3. The fourth-order valence-electron chi connectivity index (χ4n) is 3.51. The number of halogens is 3. The van der Waals surface area contributed by atoms with Crippen LogP contribution in [0, 0.1) is 0 Å². The minimum absolute atomic E-state index is 0.101. The average molecular weight is 351 g/mol. The van der Waals surface area contributed by atoms with Crippen LogP contribution in [0.3, 0.4) is 0 Å². The summed E-state index contributed by atoms with van der Waals surface area (Å²) in [5.41, 5.74) is 0.767. The number of hydrogen-bond acceptors (Lipinski definition) is 2. The highest BCUT2D eigenvalue weighted by molar-refractivity contribution is 5.90. The number of H-pyrrole nitrogens is 1. The second-order valence-corrected chi connectivity index (χ2v) is 6.26. The van der Waals surface area contributed by atoms with Crippen LogP contribution in [0.4, 0.5) is 13.2 Å². The minimum atomic E-state index is -4.45. The van der Waals surface area contributed by atoms with Crippen molar-refractivity contribution in [3.8, 4) is 11.1 Å². The Morgan fingerprint density at radius 2 is 1.88 bits per heavy atom. The van der Waals surface area contributed by atoms with Crippen molar-refractivity contribution in [1.82, 2.24) is 4.98 Å². The molecule has 1 heterocycles. The highest BCUT2D eigenvalue weighted by Gasteiger charge is 2.35. The van der Waals surface area contributed by atoms with Crippen molar-refractivity contribution < 1.29 is 22.7 Å². The first-order valence-electron chi connectivity index (χ1n) is 8.48. The molecule has 1 aromatic heterocycles.